The Morgan fingerprint density at radius 1 is 1.00 bits per heavy atom. The maximum absolute atomic E-state index is 11.5. The number of aliphatic hydroxyl groups is 5. The molecule has 12 heteroatoms. The summed E-state index contributed by atoms with van der Waals surface area (Å²) in [4.78, 5) is 0. The Morgan fingerprint density at radius 3 is 2.36 bits per heavy atom. The molecular weight excluding hydrogens is 592 g/mol. The molecule has 44 heavy (non-hydrogen) atoms. The Bertz CT molecular complexity index is 1160. The first kappa shape index (κ1) is 34.7. The quantitative estimate of drug-likeness (QED) is 0.160. The average Bonchev–Trinajstić information content (AvgIpc) is 3.29. The predicted molar refractivity (Wildman–Crippen MR) is 160 cm³/mol. The molecule has 1 aliphatic heterocycles. The van der Waals surface area contributed by atoms with Crippen LogP contribution in [0.3, 0.4) is 0 Å². The normalized spacial score (nSPS) is 46.4. The van der Waals surface area contributed by atoms with Crippen molar-refractivity contribution in [3.05, 3.63) is 11.6 Å². The number of ether oxygens (including phenoxy) is 2. The lowest BCUT2D eigenvalue weighted by Crippen LogP contribution is -2.59. The first-order valence-electron chi connectivity index (χ1n) is 16.5. The summed E-state index contributed by atoms with van der Waals surface area (Å²) in [5, 5.41) is 53.2. The van der Waals surface area contributed by atoms with E-state index in [1.807, 2.05) is 19.9 Å². The van der Waals surface area contributed by atoms with Gasteiger partial charge < -0.3 is 35.0 Å². The number of aliphatic hydroxyl groups excluding tert-OH is 5. The highest BCUT2D eigenvalue weighted by Crippen LogP contribution is 2.68. The van der Waals surface area contributed by atoms with Crippen molar-refractivity contribution in [1.82, 2.24) is 0 Å². The van der Waals surface area contributed by atoms with E-state index >= 15 is 0 Å². The zero-order valence-electron chi connectivity index (χ0n) is 26.7. The molecule has 6 N–H and O–H groups in total. The third-order valence-electron chi connectivity index (χ3n) is 12.4. The highest BCUT2D eigenvalue weighted by atomic mass is 32.3. The van der Waals surface area contributed by atoms with Crippen molar-refractivity contribution in [2.75, 3.05) is 6.61 Å². The van der Waals surface area contributed by atoms with Gasteiger partial charge in [-0.05, 0) is 97.7 Å². The summed E-state index contributed by atoms with van der Waals surface area (Å²) in [7, 11) is -4.62. The van der Waals surface area contributed by atoms with E-state index < -0.39 is 59.4 Å². The summed E-state index contributed by atoms with van der Waals surface area (Å²) in [6.45, 7) is 10.5. The third-order valence-corrected chi connectivity index (χ3v) is 12.9. The Hall–Kier alpha value is -0.670. The maximum Gasteiger partial charge on any atom is 0.397 e. The molecule has 3 saturated carbocycles. The second-order valence-corrected chi connectivity index (χ2v) is 16.5. The molecule has 15 atom stereocenters. The van der Waals surface area contributed by atoms with Crippen LogP contribution in [-0.2, 0) is 24.1 Å². The van der Waals surface area contributed by atoms with Crippen LogP contribution in [0.5, 0.6) is 0 Å². The van der Waals surface area contributed by atoms with Crippen molar-refractivity contribution in [2.45, 2.75) is 135 Å². The van der Waals surface area contributed by atoms with Gasteiger partial charge in [0, 0.05) is 0 Å². The minimum absolute atomic E-state index is 0.0243. The van der Waals surface area contributed by atoms with Crippen LogP contribution in [-0.4, -0.2) is 94.1 Å². The third kappa shape index (κ3) is 6.42. The van der Waals surface area contributed by atoms with Gasteiger partial charge >= 0.3 is 10.4 Å². The molecule has 254 valence electrons. The molecule has 1 heterocycles. The van der Waals surface area contributed by atoms with E-state index in [0.717, 1.165) is 31.3 Å². The van der Waals surface area contributed by atoms with E-state index in [1.165, 1.54) is 0 Å². The van der Waals surface area contributed by atoms with Gasteiger partial charge in [-0.2, -0.15) is 8.42 Å². The van der Waals surface area contributed by atoms with Gasteiger partial charge in [0.15, 0.2) is 6.29 Å². The molecular formula is C32H54O11S. The zero-order chi connectivity index (χ0) is 32.4. The summed E-state index contributed by atoms with van der Waals surface area (Å²) >= 11 is 0. The number of fused-ring (bicyclic) bond motifs is 5. The van der Waals surface area contributed by atoms with E-state index in [0.29, 0.717) is 25.7 Å². The lowest BCUT2D eigenvalue weighted by Gasteiger charge is -2.60. The van der Waals surface area contributed by atoms with Gasteiger partial charge in [-0.1, -0.05) is 46.3 Å². The SMILES string of the molecule is CC(C)CC(O)C(O)C(C)C1CCC2C3C(OC4OCC(O)C(O)C4O)C=C4CC(OS(=O)(=O)O)CCC4(C)C3CCC12C. The fraction of sp³-hybridized carbons (Fsp3) is 0.938. The van der Waals surface area contributed by atoms with Crippen LogP contribution >= 0.6 is 0 Å². The van der Waals surface area contributed by atoms with Crippen LogP contribution in [0.4, 0.5) is 0 Å². The zero-order valence-corrected chi connectivity index (χ0v) is 27.5. The molecule has 0 radical (unpaired) electrons. The van der Waals surface area contributed by atoms with Crippen LogP contribution in [0.25, 0.3) is 0 Å². The molecule has 0 aromatic heterocycles. The second kappa shape index (κ2) is 12.7. The molecule has 0 bridgehead atoms. The largest absolute Gasteiger partial charge is 0.397 e. The fourth-order valence-electron chi connectivity index (χ4n) is 10.1. The predicted octanol–water partition coefficient (Wildman–Crippen LogP) is 2.59. The van der Waals surface area contributed by atoms with Gasteiger partial charge in [0.2, 0.25) is 0 Å². The van der Waals surface area contributed by atoms with Crippen LogP contribution in [0.1, 0.15) is 86.0 Å². The van der Waals surface area contributed by atoms with Crippen molar-refractivity contribution < 1.29 is 52.2 Å². The standard InChI is InChI=1S/C32H54O11S/c1-16(2)12-23(33)27(35)17(3)20-6-7-21-26-22(9-11-32(20,21)5)31(4)10-8-19(43-44(38,39)40)13-18(31)14-25(26)42-30-29(37)28(36)24(34)15-41-30/h14,16-17,19-30,33-37H,6-13,15H2,1-5H3,(H,38,39,40). The van der Waals surface area contributed by atoms with Gasteiger partial charge in [0.05, 0.1) is 31.0 Å². The number of hydrogen-bond acceptors (Lipinski definition) is 10. The molecule has 15 unspecified atom stereocenters. The first-order chi connectivity index (χ1) is 20.5. The Morgan fingerprint density at radius 2 is 1.70 bits per heavy atom. The van der Waals surface area contributed by atoms with E-state index in [2.05, 4.69) is 20.8 Å². The van der Waals surface area contributed by atoms with Crippen molar-refractivity contribution in [1.29, 1.82) is 0 Å². The Kier molecular flexibility index (Phi) is 10.0. The van der Waals surface area contributed by atoms with Crippen molar-refractivity contribution in [3.63, 3.8) is 0 Å². The lowest BCUT2D eigenvalue weighted by atomic mass is 9.46. The molecule has 0 aromatic rings. The minimum Gasteiger partial charge on any atom is -0.390 e. The van der Waals surface area contributed by atoms with E-state index in [4.69, 9.17) is 13.7 Å². The van der Waals surface area contributed by atoms with Crippen molar-refractivity contribution in [3.8, 4) is 0 Å². The summed E-state index contributed by atoms with van der Waals surface area (Å²) in [5.74, 6) is 0.775. The van der Waals surface area contributed by atoms with Crippen LogP contribution in [0, 0.1) is 46.3 Å². The molecule has 5 aliphatic rings. The average molecular weight is 647 g/mol. The smallest absolute Gasteiger partial charge is 0.390 e. The second-order valence-electron chi connectivity index (χ2n) is 15.4. The van der Waals surface area contributed by atoms with Crippen molar-refractivity contribution >= 4 is 10.4 Å². The number of rotatable bonds is 9. The van der Waals surface area contributed by atoms with E-state index in [-0.39, 0.29) is 52.9 Å². The molecule has 4 fully saturated rings. The first-order valence-corrected chi connectivity index (χ1v) is 17.9. The minimum atomic E-state index is -4.62. The van der Waals surface area contributed by atoms with E-state index in [1.54, 1.807) is 0 Å². The maximum atomic E-state index is 11.5. The van der Waals surface area contributed by atoms with Crippen LogP contribution in [0.15, 0.2) is 11.6 Å². The molecule has 5 rings (SSSR count). The summed E-state index contributed by atoms with van der Waals surface area (Å²) < 4.78 is 49.7. The van der Waals surface area contributed by atoms with Gasteiger partial charge in [-0.3, -0.25) is 4.55 Å². The molecule has 11 nitrogen and oxygen atoms in total. The van der Waals surface area contributed by atoms with E-state index in [9.17, 15) is 38.5 Å². The molecule has 0 spiro atoms. The van der Waals surface area contributed by atoms with Gasteiger partial charge in [0.1, 0.15) is 18.3 Å². The Labute approximate surface area is 261 Å². The van der Waals surface area contributed by atoms with Gasteiger partial charge in [0.25, 0.3) is 0 Å². The summed E-state index contributed by atoms with van der Waals surface area (Å²) in [6, 6.07) is 0. The fourth-order valence-corrected chi connectivity index (χ4v) is 10.7. The molecule has 4 aliphatic carbocycles. The number of hydrogen-bond donors (Lipinski definition) is 6. The molecule has 0 aromatic carbocycles. The molecule has 1 saturated heterocycles. The van der Waals surface area contributed by atoms with Crippen LogP contribution < -0.4 is 0 Å². The van der Waals surface area contributed by atoms with Crippen LogP contribution in [0.2, 0.25) is 0 Å². The monoisotopic (exact) mass is 646 g/mol. The highest BCUT2D eigenvalue weighted by Gasteiger charge is 2.62. The lowest BCUT2D eigenvalue weighted by molar-refractivity contribution is -0.290. The highest BCUT2D eigenvalue weighted by molar-refractivity contribution is 7.80. The van der Waals surface area contributed by atoms with Crippen molar-refractivity contribution in [2.24, 2.45) is 46.3 Å². The van der Waals surface area contributed by atoms with Gasteiger partial charge in [-0.25, -0.2) is 4.18 Å². The van der Waals surface area contributed by atoms with Gasteiger partial charge in [-0.15, -0.1) is 0 Å². The Balaban J connectivity index is 1.47. The summed E-state index contributed by atoms with van der Waals surface area (Å²) in [6.07, 6.45) is -0.375. The summed E-state index contributed by atoms with van der Waals surface area (Å²) in [5.41, 5.74) is 0.618. The molecule has 0 amide bonds. The topological polar surface area (TPSA) is 183 Å².